The number of hydrogen-bond donors (Lipinski definition) is 0. The van der Waals surface area contributed by atoms with E-state index < -0.39 is 0 Å². The van der Waals surface area contributed by atoms with Crippen LogP contribution in [0.15, 0.2) is 91.1 Å². The van der Waals surface area contributed by atoms with Gasteiger partial charge in [-0.2, -0.15) is 4.57 Å². The zero-order valence-electron chi connectivity index (χ0n) is 15.3. The molecule has 0 bridgehead atoms. The molecule has 0 spiro atoms. The Balaban J connectivity index is 1.48. The van der Waals surface area contributed by atoms with Crippen molar-refractivity contribution in [1.82, 2.24) is 0 Å². The molecular formula is C24H22NO2+. The van der Waals surface area contributed by atoms with Crippen molar-refractivity contribution in [3.05, 3.63) is 102 Å². The molecule has 3 aromatic carbocycles. The van der Waals surface area contributed by atoms with Crippen LogP contribution < -0.4 is 14.0 Å². The van der Waals surface area contributed by atoms with E-state index in [4.69, 9.17) is 9.47 Å². The van der Waals surface area contributed by atoms with Gasteiger partial charge in [0.15, 0.2) is 12.7 Å². The summed E-state index contributed by atoms with van der Waals surface area (Å²) in [7, 11) is 1.69. The van der Waals surface area contributed by atoms with Crippen molar-refractivity contribution >= 4 is 10.9 Å². The standard InChI is InChI=1S/C24H22NO2/c1-26-23-13-14-24-21(16-23)8-5-15-25(24)17-19-9-11-22(12-10-19)27-18-20-6-3-2-4-7-20/h2-16H,17-18H2,1H3/q+1. The third-order valence-corrected chi connectivity index (χ3v) is 4.61. The van der Waals surface area contributed by atoms with Crippen LogP contribution in [0.2, 0.25) is 0 Å². The fraction of sp³-hybridized carbons (Fsp3) is 0.125. The Hall–Kier alpha value is -3.33. The van der Waals surface area contributed by atoms with Crippen molar-refractivity contribution in [2.24, 2.45) is 0 Å². The number of fused-ring (bicyclic) bond motifs is 1. The van der Waals surface area contributed by atoms with E-state index in [0.717, 1.165) is 18.0 Å². The minimum atomic E-state index is 0.583. The number of methoxy groups -OCH3 is 1. The van der Waals surface area contributed by atoms with Gasteiger partial charge in [0.2, 0.25) is 5.52 Å². The average Bonchev–Trinajstić information content (AvgIpc) is 2.74. The second-order valence-electron chi connectivity index (χ2n) is 6.48. The third-order valence-electron chi connectivity index (χ3n) is 4.61. The first-order valence-corrected chi connectivity index (χ1v) is 9.04. The number of benzene rings is 3. The van der Waals surface area contributed by atoms with Crippen molar-refractivity contribution in [1.29, 1.82) is 0 Å². The molecule has 0 unspecified atom stereocenters. The largest absolute Gasteiger partial charge is 0.497 e. The molecule has 0 aliphatic carbocycles. The van der Waals surface area contributed by atoms with Crippen LogP contribution in [-0.4, -0.2) is 7.11 Å². The minimum absolute atomic E-state index is 0.583. The van der Waals surface area contributed by atoms with Crippen molar-refractivity contribution in [3.63, 3.8) is 0 Å². The van der Waals surface area contributed by atoms with Crippen molar-refractivity contribution in [3.8, 4) is 11.5 Å². The van der Waals surface area contributed by atoms with Gasteiger partial charge in [-0.1, -0.05) is 30.3 Å². The second-order valence-corrected chi connectivity index (χ2v) is 6.48. The van der Waals surface area contributed by atoms with Crippen LogP contribution in [0.1, 0.15) is 11.1 Å². The SMILES string of the molecule is COc1ccc2c(ccc[n+]2Cc2ccc(OCc3ccccc3)cc2)c1. The van der Waals surface area contributed by atoms with E-state index in [9.17, 15) is 0 Å². The molecule has 1 heterocycles. The van der Waals surface area contributed by atoms with Gasteiger partial charge in [-0.05, 0) is 48.0 Å². The highest BCUT2D eigenvalue weighted by atomic mass is 16.5. The van der Waals surface area contributed by atoms with E-state index in [2.05, 4.69) is 59.3 Å². The lowest BCUT2D eigenvalue weighted by Crippen LogP contribution is -2.34. The van der Waals surface area contributed by atoms with Crippen molar-refractivity contribution < 1.29 is 14.0 Å². The molecule has 0 aliphatic rings. The van der Waals surface area contributed by atoms with Gasteiger partial charge in [0.25, 0.3) is 0 Å². The van der Waals surface area contributed by atoms with Gasteiger partial charge >= 0.3 is 0 Å². The second kappa shape index (κ2) is 7.92. The summed E-state index contributed by atoms with van der Waals surface area (Å²) in [6.07, 6.45) is 2.11. The Morgan fingerprint density at radius 1 is 0.741 bits per heavy atom. The van der Waals surface area contributed by atoms with Gasteiger partial charge in [0, 0.05) is 17.7 Å². The minimum Gasteiger partial charge on any atom is -0.497 e. The van der Waals surface area contributed by atoms with E-state index in [0.29, 0.717) is 6.61 Å². The van der Waals surface area contributed by atoms with Crippen LogP contribution in [0.25, 0.3) is 10.9 Å². The first-order valence-electron chi connectivity index (χ1n) is 9.04. The molecule has 27 heavy (non-hydrogen) atoms. The Labute approximate surface area is 159 Å². The average molecular weight is 356 g/mol. The lowest BCUT2D eigenvalue weighted by Gasteiger charge is -2.07. The molecule has 0 fully saturated rings. The molecule has 134 valence electrons. The molecule has 0 saturated heterocycles. The Morgan fingerprint density at radius 3 is 2.30 bits per heavy atom. The van der Waals surface area contributed by atoms with E-state index in [1.54, 1.807) is 7.11 Å². The van der Waals surface area contributed by atoms with Gasteiger partial charge in [0.05, 0.1) is 12.5 Å². The van der Waals surface area contributed by atoms with Crippen LogP contribution in [0.5, 0.6) is 11.5 Å². The molecule has 0 radical (unpaired) electrons. The van der Waals surface area contributed by atoms with Crippen LogP contribution in [0.4, 0.5) is 0 Å². The zero-order valence-corrected chi connectivity index (χ0v) is 15.3. The third kappa shape index (κ3) is 4.09. The zero-order chi connectivity index (χ0) is 18.5. The predicted molar refractivity (Wildman–Crippen MR) is 107 cm³/mol. The summed E-state index contributed by atoms with van der Waals surface area (Å²) >= 11 is 0. The number of pyridine rings is 1. The smallest absolute Gasteiger partial charge is 0.213 e. The van der Waals surface area contributed by atoms with Crippen molar-refractivity contribution in [2.75, 3.05) is 7.11 Å². The van der Waals surface area contributed by atoms with Crippen LogP contribution in [0, 0.1) is 0 Å². The van der Waals surface area contributed by atoms with Gasteiger partial charge in [-0.3, -0.25) is 0 Å². The highest BCUT2D eigenvalue weighted by molar-refractivity contribution is 5.77. The molecule has 0 aliphatic heterocycles. The Bertz CT molecular complexity index is 1030. The maximum Gasteiger partial charge on any atom is 0.213 e. The molecule has 4 aromatic rings. The monoisotopic (exact) mass is 356 g/mol. The quantitative estimate of drug-likeness (QED) is 0.465. The molecule has 3 nitrogen and oxygen atoms in total. The fourth-order valence-electron chi connectivity index (χ4n) is 3.15. The summed E-state index contributed by atoms with van der Waals surface area (Å²) < 4.78 is 13.4. The summed E-state index contributed by atoms with van der Waals surface area (Å²) in [6.45, 7) is 1.39. The van der Waals surface area contributed by atoms with Crippen molar-refractivity contribution in [2.45, 2.75) is 13.2 Å². The van der Waals surface area contributed by atoms with Crippen LogP contribution in [-0.2, 0) is 13.2 Å². The first kappa shape index (κ1) is 17.1. The molecule has 4 rings (SSSR count). The van der Waals surface area contributed by atoms with E-state index >= 15 is 0 Å². The van der Waals surface area contributed by atoms with Gasteiger partial charge < -0.3 is 9.47 Å². The van der Waals surface area contributed by atoms with E-state index in [1.807, 2.05) is 36.4 Å². The molecule has 3 heteroatoms. The molecule has 0 atom stereocenters. The van der Waals surface area contributed by atoms with Gasteiger partial charge in [-0.25, -0.2) is 0 Å². The first-order chi connectivity index (χ1) is 13.3. The lowest BCUT2D eigenvalue weighted by atomic mass is 10.1. The number of rotatable bonds is 6. The van der Waals surface area contributed by atoms with Gasteiger partial charge in [-0.15, -0.1) is 0 Å². The summed E-state index contributed by atoms with van der Waals surface area (Å²) in [5.41, 5.74) is 3.58. The topological polar surface area (TPSA) is 22.3 Å². The van der Waals surface area contributed by atoms with E-state index in [1.165, 1.54) is 22.0 Å². The Kier molecular flexibility index (Phi) is 5.01. The number of aromatic nitrogens is 1. The molecule has 0 amide bonds. The number of hydrogen-bond acceptors (Lipinski definition) is 2. The maximum absolute atomic E-state index is 5.87. The van der Waals surface area contributed by atoms with Crippen LogP contribution >= 0.6 is 0 Å². The fourth-order valence-corrected chi connectivity index (χ4v) is 3.15. The van der Waals surface area contributed by atoms with Gasteiger partial charge in [0.1, 0.15) is 18.1 Å². The number of ether oxygens (including phenoxy) is 2. The Morgan fingerprint density at radius 2 is 1.52 bits per heavy atom. The summed E-state index contributed by atoms with van der Waals surface area (Å²) in [4.78, 5) is 0. The molecule has 1 aromatic heterocycles. The highest BCUT2D eigenvalue weighted by Crippen LogP contribution is 2.19. The highest BCUT2D eigenvalue weighted by Gasteiger charge is 2.10. The molecule has 0 saturated carbocycles. The summed E-state index contributed by atoms with van der Waals surface area (Å²) in [6, 6.07) is 28.9. The van der Waals surface area contributed by atoms with E-state index in [-0.39, 0.29) is 0 Å². The number of nitrogens with zero attached hydrogens (tertiary/aromatic N) is 1. The predicted octanol–water partition coefficient (Wildman–Crippen LogP) is 4.76. The lowest BCUT2D eigenvalue weighted by molar-refractivity contribution is -0.662. The molecular weight excluding hydrogens is 334 g/mol. The molecule has 0 N–H and O–H groups in total. The summed E-state index contributed by atoms with van der Waals surface area (Å²) in [5.74, 6) is 1.76. The van der Waals surface area contributed by atoms with Crippen LogP contribution in [0.3, 0.4) is 0 Å². The maximum atomic E-state index is 5.87. The summed E-state index contributed by atoms with van der Waals surface area (Å²) in [5, 5.41) is 1.17. The normalized spacial score (nSPS) is 10.7.